The lowest BCUT2D eigenvalue weighted by Gasteiger charge is -2.47. The molecular formula is C100H95BN4. The topological polar surface area (TPSA) is 16.3 Å². The highest BCUT2D eigenvalue weighted by Crippen LogP contribution is 2.53. The van der Waals surface area contributed by atoms with E-state index < -0.39 is 0 Å². The van der Waals surface area contributed by atoms with Gasteiger partial charge in [0.25, 0.3) is 6.71 Å². The Hall–Kier alpha value is -10.9. The first-order chi connectivity index (χ1) is 50.1. The highest BCUT2D eigenvalue weighted by molar-refractivity contribution is 7.00. The van der Waals surface area contributed by atoms with Crippen molar-refractivity contribution in [2.45, 2.75) is 145 Å². The van der Waals surface area contributed by atoms with Crippen LogP contribution in [-0.2, 0) is 27.1 Å². The monoisotopic (exact) mass is 1360 g/mol. The number of para-hydroxylation sites is 2. The number of fused-ring (bicyclic) bond motifs is 10. The molecular weight excluding hydrogens is 1270 g/mol. The van der Waals surface area contributed by atoms with E-state index in [1.807, 2.05) is 0 Å². The molecule has 518 valence electrons. The third-order valence-electron chi connectivity index (χ3n) is 23.0. The van der Waals surface area contributed by atoms with Gasteiger partial charge in [-0.25, -0.2) is 0 Å². The minimum atomic E-state index is -0.295. The number of nitrogens with zero attached hydrogens (tertiary/aromatic N) is 4. The van der Waals surface area contributed by atoms with Crippen molar-refractivity contribution in [1.82, 2.24) is 9.13 Å². The Morgan fingerprint density at radius 3 is 0.876 bits per heavy atom. The van der Waals surface area contributed by atoms with Gasteiger partial charge in [0.15, 0.2) is 0 Å². The summed E-state index contributed by atoms with van der Waals surface area (Å²) in [7, 11) is 0. The molecule has 2 aliphatic rings. The van der Waals surface area contributed by atoms with Gasteiger partial charge < -0.3 is 18.9 Å². The molecule has 2 aromatic heterocycles. The van der Waals surface area contributed by atoms with Gasteiger partial charge in [0.2, 0.25) is 0 Å². The van der Waals surface area contributed by atoms with Gasteiger partial charge in [0.05, 0.1) is 44.8 Å². The SMILES string of the molecule is Cc1c(-n2c3cc(C(C)(C)C)ccc3c3ccc(C(C)(C)C)cc32)ccc2c1N(c1ccccc1-c1cccc(-c3ccccc3)c1)c1cc(C(C)(C)C)cc3c1B2c1ccc(-n2c4cc(C(C)(C)C)ccc4c4ccc(C(C)(C)C)cc42)c(C)c1N3c1ccccc1-c1cccc(-c2ccccc2)c1. The van der Waals surface area contributed by atoms with Crippen molar-refractivity contribution in [3.05, 3.63) is 306 Å². The number of aromatic nitrogens is 2. The third kappa shape index (κ3) is 11.2. The van der Waals surface area contributed by atoms with Crippen LogP contribution in [0.15, 0.2) is 267 Å². The molecule has 4 heterocycles. The lowest BCUT2D eigenvalue weighted by atomic mass is 9.33. The average Bonchev–Trinajstić information content (AvgIpc) is 0.820. The van der Waals surface area contributed by atoms with Gasteiger partial charge in [-0.1, -0.05) is 298 Å². The normalized spacial score (nSPS) is 13.3. The van der Waals surface area contributed by atoms with Crippen molar-refractivity contribution in [2.75, 3.05) is 9.80 Å². The second kappa shape index (κ2) is 24.4. The van der Waals surface area contributed by atoms with Gasteiger partial charge in [-0.3, -0.25) is 0 Å². The Kier molecular flexibility index (Phi) is 15.6. The van der Waals surface area contributed by atoms with Gasteiger partial charge in [-0.2, -0.15) is 0 Å². The summed E-state index contributed by atoms with van der Waals surface area (Å²) >= 11 is 0. The maximum Gasteiger partial charge on any atom is 0.252 e. The summed E-state index contributed by atoms with van der Waals surface area (Å²) < 4.78 is 5.26. The van der Waals surface area contributed by atoms with Crippen LogP contribution in [0.1, 0.15) is 143 Å². The summed E-state index contributed by atoms with van der Waals surface area (Å²) in [6.07, 6.45) is 0. The Morgan fingerprint density at radius 1 is 0.238 bits per heavy atom. The van der Waals surface area contributed by atoms with Crippen LogP contribution in [0.3, 0.4) is 0 Å². The highest BCUT2D eigenvalue weighted by Gasteiger charge is 2.47. The summed E-state index contributed by atoms with van der Waals surface area (Å²) in [5.41, 5.74) is 35.7. The Bertz CT molecular complexity index is 5520. The van der Waals surface area contributed by atoms with Gasteiger partial charge in [0.1, 0.15) is 0 Å². The predicted molar refractivity (Wildman–Crippen MR) is 454 cm³/mol. The van der Waals surface area contributed by atoms with Crippen molar-refractivity contribution < 1.29 is 0 Å². The molecule has 15 aromatic rings. The fourth-order valence-electron chi connectivity index (χ4n) is 17.1. The largest absolute Gasteiger partial charge is 0.310 e. The summed E-state index contributed by atoms with van der Waals surface area (Å²) in [6.45, 7) is 40.0. The van der Waals surface area contributed by atoms with Crippen LogP contribution in [0.5, 0.6) is 0 Å². The Labute approximate surface area is 622 Å². The molecule has 4 nitrogen and oxygen atoms in total. The standard InChI is InChI=1S/C100H95BN4/c1-62-83(102-87-56-70(96(3,4)5)42-46-77(87)78-47-43-71(57-88(78)102)97(6,7)8)52-50-81-94(62)104(85-40-26-24-38-75(85)68-36-28-34-66(54-68)64-30-20-18-21-31-64)91-60-74(100(15,16)17)61-92-93(91)101(81)82-51-53-84(103-89-58-72(98(9,10)11)44-48-79(89)80-49-45-73(59-90(80)103)99(12,13)14)63(2)95(82)105(92)86-41-27-25-39-76(86)69-37-29-35-67(55-69)65-32-22-19-23-33-65/h18-61H,1-17H3. The van der Waals surface area contributed by atoms with Crippen LogP contribution in [0, 0.1) is 13.8 Å². The summed E-state index contributed by atoms with van der Waals surface area (Å²) in [5, 5.41) is 5.03. The number of benzene rings is 13. The molecule has 0 aliphatic carbocycles. The number of hydrogen-bond acceptors (Lipinski definition) is 2. The fraction of sp³-hybridized carbons (Fsp3) is 0.220. The van der Waals surface area contributed by atoms with Crippen molar-refractivity contribution in [1.29, 1.82) is 0 Å². The first kappa shape index (κ1) is 67.3. The molecule has 0 fully saturated rings. The second-order valence-corrected chi connectivity index (χ2v) is 35.1. The molecule has 0 saturated carbocycles. The van der Waals surface area contributed by atoms with Crippen LogP contribution >= 0.6 is 0 Å². The maximum atomic E-state index is 2.72. The van der Waals surface area contributed by atoms with E-state index in [1.54, 1.807) is 0 Å². The lowest BCUT2D eigenvalue weighted by Crippen LogP contribution is -2.62. The number of anilines is 6. The average molecular weight is 1360 g/mol. The maximum absolute atomic E-state index is 2.72. The van der Waals surface area contributed by atoms with Crippen LogP contribution in [0.4, 0.5) is 34.1 Å². The minimum absolute atomic E-state index is 0.0826. The van der Waals surface area contributed by atoms with E-state index in [9.17, 15) is 0 Å². The van der Waals surface area contributed by atoms with Crippen molar-refractivity contribution in [3.8, 4) is 55.9 Å². The van der Waals surface area contributed by atoms with Crippen LogP contribution in [-0.4, -0.2) is 15.8 Å². The van der Waals surface area contributed by atoms with Crippen molar-refractivity contribution in [2.24, 2.45) is 0 Å². The molecule has 17 rings (SSSR count). The molecule has 0 atom stereocenters. The van der Waals surface area contributed by atoms with E-state index in [-0.39, 0.29) is 33.8 Å². The van der Waals surface area contributed by atoms with Crippen LogP contribution < -0.4 is 26.2 Å². The van der Waals surface area contributed by atoms with E-state index in [1.165, 1.54) is 155 Å². The number of rotatable bonds is 8. The minimum Gasteiger partial charge on any atom is -0.310 e. The zero-order valence-corrected chi connectivity index (χ0v) is 64.3. The first-order valence-corrected chi connectivity index (χ1v) is 37.8. The molecule has 5 heteroatoms. The van der Waals surface area contributed by atoms with E-state index in [2.05, 4.69) is 404 Å². The van der Waals surface area contributed by atoms with Crippen LogP contribution in [0.2, 0.25) is 0 Å². The van der Waals surface area contributed by atoms with Gasteiger partial charge >= 0.3 is 0 Å². The highest BCUT2D eigenvalue weighted by atomic mass is 15.2. The third-order valence-corrected chi connectivity index (χ3v) is 23.0. The molecule has 13 aromatic carbocycles. The molecule has 0 unspecified atom stereocenters. The van der Waals surface area contributed by atoms with E-state index >= 15 is 0 Å². The Morgan fingerprint density at radius 2 is 0.543 bits per heavy atom. The zero-order chi connectivity index (χ0) is 73.1. The molecule has 0 saturated heterocycles. The first-order valence-electron chi connectivity index (χ1n) is 37.8. The van der Waals surface area contributed by atoms with E-state index in [4.69, 9.17) is 0 Å². The molecule has 0 radical (unpaired) electrons. The fourth-order valence-corrected chi connectivity index (χ4v) is 17.1. The molecule has 0 bridgehead atoms. The van der Waals surface area contributed by atoms with Crippen molar-refractivity contribution in [3.63, 3.8) is 0 Å². The molecule has 105 heavy (non-hydrogen) atoms. The molecule has 0 spiro atoms. The summed E-state index contributed by atoms with van der Waals surface area (Å²) in [6, 6.07) is 103. The molecule has 2 aliphatic heterocycles. The molecule has 0 amide bonds. The van der Waals surface area contributed by atoms with Crippen molar-refractivity contribution >= 4 is 101 Å². The second-order valence-electron chi connectivity index (χ2n) is 35.1. The van der Waals surface area contributed by atoms with E-state index in [0.29, 0.717) is 0 Å². The quantitative estimate of drug-likeness (QED) is 0.141. The zero-order valence-electron chi connectivity index (χ0n) is 64.3. The summed E-state index contributed by atoms with van der Waals surface area (Å²) in [4.78, 5) is 5.44. The Balaban J connectivity index is 1.02. The van der Waals surface area contributed by atoms with Gasteiger partial charge in [0, 0.05) is 55.4 Å². The lowest BCUT2D eigenvalue weighted by molar-refractivity contribution is 0.590. The smallest absolute Gasteiger partial charge is 0.252 e. The van der Waals surface area contributed by atoms with E-state index in [0.717, 1.165) is 33.6 Å². The molecule has 0 N–H and O–H groups in total. The number of hydrogen-bond donors (Lipinski definition) is 0. The predicted octanol–water partition coefficient (Wildman–Crippen LogP) is 25.7. The van der Waals surface area contributed by atoms with Gasteiger partial charge in [-0.15, -0.1) is 0 Å². The summed E-state index contributed by atoms with van der Waals surface area (Å²) in [5.74, 6) is 0. The van der Waals surface area contributed by atoms with Crippen LogP contribution in [0.25, 0.3) is 99.5 Å². The van der Waals surface area contributed by atoms with Gasteiger partial charge in [-0.05, 0) is 202 Å².